The molecule has 110 valence electrons. The van der Waals surface area contributed by atoms with Crippen LogP contribution in [0.15, 0.2) is 18.2 Å². The van der Waals surface area contributed by atoms with Crippen LogP contribution in [0.5, 0.6) is 5.75 Å². The molecule has 1 amide bonds. The van der Waals surface area contributed by atoms with Crippen molar-refractivity contribution in [1.82, 2.24) is 5.32 Å². The maximum Gasteiger partial charge on any atom is 0.227 e. The molecule has 1 aliphatic rings. The number of aryl methyl sites for hydroxylation is 1. The van der Waals surface area contributed by atoms with Crippen molar-refractivity contribution >= 4 is 11.6 Å². The van der Waals surface area contributed by atoms with Gasteiger partial charge in [0.25, 0.3) is 0 Å². The van der Waals surface area contributed by atoms with Crippen molar-refractivity contribution in [1.29, 1.82) is 0 Å². The average molecular weight is 276 g/mol. The molecule has 1 aromatic rings. The van der Waals surface area contributed by atoms with Crippen LogP contribution in [0, 0.1) is 12.8 Å². The SMILES string of the molecule is Cc1cc(OC(C)C)ccc1NC(=O)C1CCNCC1. The number of hydrogen-bond acceptors (Lipinski definition) is 3. The fourth-order valence-corrected chi connectivity index (χ4v) is 2.44. The molecule has 0 aliphatic carbocycles. The van der Waals surface area contributed by atoms with Crippen molar-refractivity contribution in [2.45, 2.75) is 39.7 Å². The van der Waals surface area contributed by atoms with Gasteiger partial charge in [0, 0.05) is 11.6 Å². The van der Waals surface area contributed by atoms with E-state index < -0.39 is 0 Å². The summed E-state index contributed by atoms with van der Waals surface area (Å²) in [5.74, 6) is 1.10. The zero-order valence-electron chi connectivity index (χ0n) is 12.5. The molecule has 1 saturated heterocycles. The zero-order chi connectivity index (χ0) is 14.5. The molecule has 2 N–H and O–H groups in total. The Morgan fingerprint density at radius 2 is 2.05 bits per heavy atom. The molecule has 20 heavy (non-hydrogen) atoms. The number of anilines is 1. The van der Waals surface area contributed by atoms with Crippen molar-refractivity contribution < 1.29 is 9.53 Å². The molecule has 0 atom stereocenters. The van der Waals surface area contributed by atoms with Crippen LogP contribution >= 0.6 is 0 Å². The summed E-state index contributed by atoms with van der Waals surface area (Å²) in [7, 11) is 0. The van der Waals surface area contributed by atoms with Crippen LogP contribution in [-0.2, 0) is 4.79 Å². The van der Waals surface area contributed by atoms with Gasteiger partial charge in [0.15, 0.2) is 0 Å². The van der Waals surface area contributed by atoms with E-state index in [4.69, 9.17) is 4.74 Å². The van der Waals surface area contributed by atoms with Gasteiger partial charge in [-0.25, -0.2) is 0 Å². The van der Waals surface area contributed by atoms with E-state index in [1.165, 1.54) is 0 Å². The topological polar surface area (TPSA) is 50.4 Å². The van der Waals surface area contributed by atoms with Gasteiger partial charge in [-0.1, -0.05) is 0 Å². The smallest absolute Gasteiger partial charge is 0.227 e. The lowest BCUT2D eigenvalue weighted by molar-refractivity contribution is -0.120. The van der Waals surface area contributed by atoms with Gasteiger partial charge in [-0.3, -0.25) is 4.79 Å². The number of amides is 1. The summed E-state index contributed by atoms with van der Waals surface area (Å²) in [6, 6.07) is 5.80. The lowest BCUT2D eigenvalue weighted by Gasteiger charge is -2.22. The van der Waals surface area contributed by atoms with E-state index in [0.717, 1.165) is 42.9 Å². The van der Waals surface area contributed by atoms with E-state index in [2.05, 4.69) is 10.6 Å². The molecule has 1 aromatic carbocycles. The minimum Gasteiger partial charge on any atom is -0.491 e. The molecule has 1 fully saturated rings. The molecule has 2 rings (SSSR count). The Balaban J connectivity index is 2.00. The highest BCUT2D eigenvalue weighted by Gasteiger charge is 2.21. The molecule has 0 radical (unpaired) electrons. The van der Waals surface area contributed by atoms with E-state index in [1.54, 1.807) is 0 Å². The number of ether oxygens (including phenoxy) is 1. The van der Waals surface area contributed by atoms with E-state index in [9.17, 15) is 4.79 Å². The Morgan fingerprint density at radius 3 is 2.65 bits per heavy atom. The number of piperidine rings is 1. The Hall–Kier alpha value is -1.55. The Labute approximate surface area is 120 Å². The first kappa shape index (κ1) is 14.9. The van der Waals surface area contributed by atoms with E-state index in [0.29, 0.717) is 0 Å². The molecule has 1 aliphatic heterocycles. The van der Waals surface area contributed by atoms with Gasteiger partial charge in [0.2, 0.25) is 5.91 Å². The molecular formula is C16H24N2O2. The van der Waals surface area contributed by atoms with Crippen molar-refractivity contribution in [3.8, 4) is 5.75 Å². The van der Waals surface area contributed by atoms with Gasteiger partial charge < -0.3 is 15.4 Å². The molecule has 0 bridgehead atoms. The van der Waals surface area contributed by atoms with Crippen molar-refractivity contribution in [3.63, 3.8) is 0 Å². The predicted molar refractivity (Wildman–Crippen MR) is 81.2 cm³/mol. The summed E-state index contributed by atoms with van der Waals surface area (Å²) in [5.41, 5.74) is 1.91. The van der Waals surface area contributed by atoms with Gasteiger partial charge in [-0.2, -0.15) is 0 Å². The fraction of sp³-hybridized carbons (Fsp3) is 0.562. The summed E-state index contributed by atoms with van der Waals surface area (Å²) < 4.78 is 5.65. The third kappa shape index (κ3) is 3.97. The highest BCUT2D eigenvalue weighted by atomic mass is 16.5. The third-order valence-corrected chi connectivity index (χ3v) is 3.54. The third-order valence-electron chi connectivity index (χ3n) is 3.54. The lowest BCUT2D eigenvalue weighted by Crippen LogP contribution is -2.34. The normalized spacial score (nSPS) is 16.2. The molecular weight excluding hydrogens is 252 g/mol. The summed E-state index contributed by atoms with van der Waals surface area (Å²) in [4.78, 5) is 12.2. The first-order valence-corrected chi connectivity index (χ1v) is 7.35. The van der Waals surface area contributed by atoms with Crippen LogP contribution in [0.4, 0.5) is 5.69 Å². The van der Waals surface area contributed by atoms with Gasteiger partial charge in [-0.15, -0.1) is 0 Å². The average Bonchev–Trinajstić information content (AvgIpc) is 2.42. The molecule has 0 unspecified atom stereocenters. The monoisotopic (exact) mass is 276 g/mol. The van der Waals surface area contributed by atoms with Crippen LogP contribution in [0.25, 0.3) is 0 Å². The van der Waals surface area contributed by atoms with Crippen LogP contribution < -0.4 is 15.4 Å². The van der Waals surface area contributed by atoms with Gasteiger partial charge >= 0.3 is 0 Å². The van der Waals surface area contributed by atoms with Crippen LogP contribution in [0.1, 0.15) is 32.3 Å². The number of benzene rings is 1. The number of nitrogens with one attached hydrogen (secondary N) is 2. The number of rotatable bonds is 4. The number of carbonyl (C=O) groups is 1. The highest BCUT2D eigenvalue weighted by Crippen LogP contribution is 2.23. The second-order valence-corrected chi connectivity index (χ2v) is 5.66. The standard InChI is InChI=1S/C16H24N2O2/c1-11(2)20-14-4-5-15(12(3)10-14)18-16(19)13-6-8-17-9-7-13/h4-5,10-11,13,17H,6-9H2,1-3H3,(H,18,19). The molecule has 1 heterocycles. The maximum atomic E-state index is 12.2. The summed E-state index contributed by atoms with van der Waals surface area (Å²) >= 11 is 0. The molecule has 0 saturated carbocycles. The Bertz CT molecular complexity index is 466. The second kappa shape index (κ2) is 6.75. The Kier molecular flexibility index (Phi) is 5.01. The van der Waals surface area contributed by atoms with Crippen LogP contribution in [0.2, 0.25) is 0 Å². The van der Waals surface area contributed by atoms with E-state index in [-0.39, 0.29) is 17.9 Å². The summed E-state index contributed by atoms with van der Waals surface area (Å²) in [6.07, 6.45) is 1.99. The predicted octanol–water partition coefficient (Wildman–Crippen LogP) is 2.72. The van der Waals surface area contributed by atoms with Gasteiger partial charge in [0.1, 0.15) is 5.75 Å². The molecule has 4 heteroatoms. The maximum absolute atomic E-state index is 12.2. The van der Waals surface area contributed by atoms with E-state index in [1.807, 2.05) is 39.0 Å². The van der Waals surface area contributed by atoms with E-state index >= 15 is 0 Å². The van der Waals surface area contributed by atoms with Crippen molar-refractivity contribution in [3.05, 3.63) is 23.8 Å². The summed E-state index contributed by atoms with van der Waals surface area (Å²) in [5, 5.41) is 6.31. The minimum atomic E-state index is 0.127. The number of carbonyl (C=O) groups excluding carboxylic acids is 1. The first-order valence-electron chi connectivity index (χ1n) is 7.35. The minimum absolute atomic E-state index is 0.127. The van der Waals surface area contributed by atoms with Gasteiger partial charge in [-0.05, 0) is 70.5 Å². The molecule has 0 spiro atoms. The van der Waals surface area contributed by atoms with Gasteiger partial charge in [0.05, 0.1) is 6.10 Å². The van der Waals surface area contributed by atoms with Crippen molar-refractivity contribution in [2.24, 2.45) is 5.92 Å². The second-order valence-electron chi connectivity index (χ2n) is 5.66. The fourth-order valence-electron chi connectivity index (χ4n) is 2.44. The molecule has 0 aromatic heterocycles. The summed E-state index contributed by atoms with van der Waals surface area (Å²) in [6.45, 7) is 7.85. The number of hydrogen-bond donors (Lipinski definition) is 2. The Morgan fingerprint density at radius 1 is 1.35 bits per heavy atom. The van der Waals surface area contributed by atoms with Crippen LogP contribution in [0.3, 0.4) is 0 Å². The zero-order valence-corrected chi connectivity index (χ0v) is 12.5. The van der Waals surface area contributed by atoms with Crippen LogP contribution in [-0.4, -0.2) is 25.1 Å². The van der Waals surface area contributed by atoms with Crippen molar-refractivity contribution in [2.75, 3.05) is 18.4 Å². The quantitative estimate of drug-likeness (QED) is 0.889. The largest absolute Gasteiger partial charge is 0.491 e. The molecule has 4 nitrogen and oxygen atoms in total. The lowest BCUT2D eigenvalue weighted by atomic mass is 9.97. The first-order chi connectivity index (χ1) is 9.56. The highest BCUT2D eigenvalue weighted by molar-refractivity contribution is 5.93.